The third-order valence-electron chi connectivity index (χ3n) is 6.69. The van der Waals surface area contributed by atoms with E-state index in [1.54, 1.807) is 0 Å². The molecule has 0 fully saturated rings. The molecule has 0 rings (SSSR count). The minimum atomic E-state index is -0.0648. The second-order valence-corrected chi connectivity index (χ2v) is 11.6. The number of ether oxygens (including phenoxy) is 2. The van der Waals surface area contributed by atoms with Crippen molar-refractivity contribution in [3.63, 3.8) is 0 Å². The summed E-state index contributed by atoms with van der Waals surface area (Å²) in [7, 11) is 2.20. The second kappa shape index (κ2) is 19.7. The number of unbranched alkanes of at least 4 members (excludes halogenated alkanes) is 3. The Morgan fingerprint density at radius 1 is 0.794 bits per heavy atom. The molecule has 201 valence electrons. The molecule has 0 atom stereocenters. The number of hydrogen-bond donors (Lipinski definition) is 1. The van der Waals surface area contributed by atoms with Crippen molar-refractivity contribution in [2.45, 2.75) is 136 Å². The van der Waals surface area contributed by atoms with Crippen LogP contribution >= 0.6 is 0 Å². The zero-order valence-corrected chi connectivity index (χ0v) is 27.7. The van der Waals surface area contributed by atoms with Crippen LogP contribution in [-0.4, -0.2) is 55.0 Å². The van der Waals surface area contributed by atoms with Crippen LogP contribution in [-0.2, 0) is 9.47 Å². The van der Waals surface area contributed by atoms with Gasteiger partial charge in [0.2, 0.25) is 0 Å². The van der Waals surface area contributed by atoms with Crippen LogP contribution in [0.25, 0.3) is 5.73 Å². The maximum atomic E-state index is 7.27. The van der Waals surface area contributed by atoms with Crippen LogP contribution in [0, 0.1) is 35.6 Å². The van der Waals surface area contributed by atoms with E-state index in [1.807, 2.05) is 0 Å². The molecule has 0 aliphatic heterocycles. The van der Waals surface area contributed by atoms with E-state index in [9.17, 15) is 0 Å². The minimum Gasteiger partial charge on any atom is -0.677 e. The Hall–Kier alpha value is 0.575. The Morgan fingerprint density at radius 2 is 1.29 bits per heavy atom. The predicted molar refractivity (Wildman–Crippen MR) is 145 cm³/mol. The van der Waals surface area contributed by atoms with Gasteiger partial charge in [0.25, 0.3) is 0 Å². The predicted octanol–water partition coefficient (Wildman–Crippen LogP) is 7.49. The number of hydrogen-bond acceptors (Lipinski definition) is 4. The van der Waals surface area contributed by atoms with Crippen LogP contribution < -0.4 is 5.73 Å². The maximum absolute atomic E-state index is 7.27. The van der Waals surface area contributed by atoms with Crippen molar-refractivity contribution in [3.8, 4) is 0 Å². The Morgan fingerprint density at radius 3 is 1.82 bits per heavy atom. The summed E-state index contributed by atoms with van der Waals surface area (Å²) in [6, 6.07) is 0. The van der Waals surface area contributed by atoms with E-state index in [0.717, 1.165) is 84.0 Å². The summed E-state index contributed by atoms with van der Waals surface area (Å²) < 4.78 is 12.2. The average molecular weight is 608 g/mol. The largest absolute Gasteiger partial charge is 0.677 e. The van der Waals surface area contributed by atoms with E-state index in [-0.39, 0.29) is 52.3 Å². The van der Waals surface area contributed by atoms with Gasteiger partial charge in [0.1, 0.15) is 0 Å². The van der Waals surface area contributed by atoms with Crippen molar-refractivity contribution in [1.29, 1.82) is 0 Å². The standard InChI is InChI=1S/C28H58N3O2.La/c1-25(16-15-23-33-28(6,7)19-10-13-21-30)24-31(8)26(2,3)17-11-14-22-32-27(4,5)18-9-12-20-29;/h24,29H,9-23,30H2,1-8H3;/q-1;. The molecule has 0 aromatic rings. The summed E-state index contributed by atoms with van der Waals surface area (Å²) in [6.45, 7) is 18.5. The molecule has 0 aromatic carbocycles. The van der Waals surface area contributed by atoms with Gasteiger partial charge in [-0.3, -0.25) is 0 Å². The van der Waals surface area contributed by atoms with Gasteiger partial charge >= 0.3 is 0 Å². The van der Waals surface area contributed by atoms with Crippen molar-refractivity contribution >= 4 is 0 Å². The van der Waals surface area contributed by atoms with Crippen molar-refractivity contribution in [2.75, 3.05) is 33.4 Å². The summed E-state index contributed by atoms with van der Waals surface area (Å²) in [5.74, 6) is 0. The van der Waals surface area contributed by atoms with Gasteiger partial charge in [-0.15, -0.1) is 0 Å². The molecule has 0 saturated carbocycles. The van der Waals surface area contributed by atoms with Crippen molar-refractivity contribution in [1.82, 2.24) is 4.90 Å². The molecule has 0 aliphatic rings. The molecule has 0 aliphatic carbocycles. The zero-order chi connectivity index (χ0) is 25.4. The topological polar surface area (TPSA) is 71.5 Å². The number of rotatable bonds is 21. The van der Waals surface area contributed by atoms with E-state index >= 15 is 0 Å². The molecule has 6 heteroatoms. The molecule has 34 heavy (non-hydrogen) atoms. The van der Waals surface area contributed by atoms with Crippen LogP contribution in [0.1, 0.15) is 119 Å². The van der Waals surface area contributed by atoms with E-state index in [2.05, 4.69) is 66.6 Å². The smallest absolute Gasteiger partial charge is 0.0626 e. The molecule has 0 heterocycles. The van der Waals surface area contributed by atoms with Crippen LogP contribution in [0.4, 0.5) is 0 Å². The monoisotopic (exact) mass is 607 g/mol. The molecular weight excluding hydrogens is 549 g/mol. The van der Waals surface area contributed by atoms with Crippen molar-refractivity contribution < 1.29 is 45.1 Å². The first-order valence-corrected chi connectivity index (χ1v) is 13.4. The van der Waals surface area contributed by atoms with Crippen LogP contribution in [0.15, 0.2) is 11.8 Å². The fourth-order valence-electron chi connectivity index (χ4n) is 3.97. The SMILES string of the molecule is CC(=CN(C)C(C)(C)CCCCOC(C)(C)CCCC[NH-])CCCOC(C)(C)CCCCN.[La]. The molecule has 0 spiro atoms. The van der Waals surface area contributed by atoms with E-state index in [1.165, 1.54) is 12.0 Å². The third kappa shape index (κ3) is 19.7. The number of nitrogens with one attached hydrogen (secondary N) is 1. The van der Waals surface area contributed by atoms with Gasteiger partial charge in [-0.1, -0.05) is 18.4 Å². The fraction of sp³-hybridized carbons (Fsp3) is 0.929. The van der Waals surface area contributed by atoms with Crippen LogP contribution in [0.2, 0.25) is 0 Å². The molecule has 0 amide bonds. The molecule has 0 saturated heterocycles. The van der Waals surface area contributed by atoms with Gasteiger partial charge in [-0.25, -0.2) is 0 Å². The Kier molecular flexibility index (Phi) is 21.2. The quantitative estimate of drug-likeness (QED) is 0.137. The molecule has 0 bridgehead atoms. The zero-order valence-electron chi connectivity index (χ0n) is 24.1. The Labute approximate surface area is 241 Å². The van der Waals surface area contributed by atoms with Crippen molar-refractivity contribution in [3.05, 3.63) is 17.5 Å². The summed E-state index contributed by atoms with van der Waals surface area (Å²) in [4.78, 5) is 2.38. The Balaban J connectivity index is 0. The van der Waals surface area contributed by atoms with E-state index in [0.29, 0.717) is 6.54 Å². The average Bonchev–Trinajstić information content (AvgIpc) is 2.71. The van der Waals surface area contributed by atoms with Crippen molar-refractivity contribution in [2.24, 2.45) is 5.73 Å². The van der Waals surface area contributed by atoms with Gasteiger partial charge in [-0.05, 0) is 119 Å². The van der Waals surface area contributed by atoms with Crippen LogP contribution in [0.5, 0.6) is 0 Å². The van der Waals surface area contributed by atoms with Gasteiger partial charge in [0.05, 0.1) is 11.2 Å². The van der Waals surface area contributed by atoms with Gasteiger partial charge in [-0.2, -0.15) is 6.54 Å². The normalized spacial score (nSPS) is 13.2. The molecule has 3 N–H and O–H groups in total. The minimum absolute atomic E-state index is 0. The molecule has 0 unspecified atom stereocenters. The number of allylic oxidation sites excluding steroid dienone is 1. The number of nitrogens with zero attached hydrogens (tertiary/aromatic N) is 1. The number of nitrogens with two attached hydrogens (primary N) is 1. The fourth-order valence-corrected chi connectivity index (χ4v) is 3.97. The van der Waals surface area contributed by atoms with E-state index < -0.39 is 0 Å². The molecule has 0 aromatic heterocycles. The molecule has 5 nitrogen and oxygen atoms in total. The summed E-state index contributed by atoms with van der Waals surface area (Å²) in [6.07, 6.45) is 14.3. The van der Waals surface area contributed by atoms with Gasteiger partial charge < -0.3 is 25.8 Å². The molecular formula is C28H58LaN3O2-. The van der Waals surface area contributed by atoms with E-state index in [4.69, 9.17) is 20.9 Å². The molecule has 1 radical (unpaired) electrons. The first kappa shape index (κ1) is 36.7. The first-order valence-electron chi connectivity index (χ1n) is 13.4. The summed E-state index contributed by atoms with van der Waals surface area (Å²) in [5, 5.41) is 0. The van der Waals surface area contributed by atoms with Gasteiger partial charge in [0.15, 0.2) is 0 Å². The first-order chi connectivity index (χ1) is 15.4. The second-order valence-electron chi connectivity index (χ2n) is 11.6. The third-order valence-corrected chi connectivity index (χ3v) is 6.69. The maximum Gasteiger partial charge on any atom is 0.0626 e. The van der Waals surface area contributed by atoms with Crippen LogP contribution in [0.3, 0.4) is 0 Å². The van der Waals surface area contributed by atoms with Gasteiger partial charge in [0, 0.05) is 61.4 Å². The summed E-state index contributed by atoms with van der Waals surface area (Å²) >= 11 is 0. The Bertz CT molecular complexity index is 522. The summed E-state index contributed by atoms with van der Waals surface area (Å²) in [5.41, 5.74) is 14.3.